The Morgan fingerprint density at radius 2 is 1.64 bits per heavy atom. The smallest absolute Gasteiger partial charge is 0.255 e. The molecule has 148 valence electrons. The molecule has 0 bridgehead atoms. The maximum atomic E-state index is 12.5. The van der Waals surface area contributed by atoms with Crippen molar-refractivity contribution >= 4 is 23.6 Å². The van der Waals surface area contributed by atoms with E-state index in [4.69, 9.17) is 9.47 Å². The van der Waals surface area contributed by atoms with Gasteiger partial charge in [-0.05, 0) is 37.1 Å². The van der Waals surface area contributed by atoms with Crippen molar-refractivity contribution in [1.29, 1.82) is 0 Å². The van der Waals surface area contributed by atoms with Crippen LogP contribution in [0.15, 0.2) is 36.4 Å². The van der Waals surface area contributed by atoms with Gasteiger partial charge in [-0.3, -0.25) is 9.59 Å². The van der Waals surface area contributed by atoms with E-state index in [1.165, 1.54) is 25.2 Å². The van der Waals surface area contributed by atoms with Crippen LogP contribution in [0, 0.1) is 13.8 Å². The highest BCUT2D eigenvalue weighted by atomic mass is 16.5. The summed E-state index contributed by atoms with van der Waals surface area (Å²) in [4.78, 5) is 26.4. The summed E-state index contributed by atoms with van der Waals surface area (Å²) in [6.07, 6.45) is 3.19. The van der Waals surface area contributed by atoms with Crippen LogP contribution < -0.4 is 14.8 Å². The molecule has 0 aliphatic carbocycles. The maximum Gasteiger partial charge on any atom is 0.255 e. The third-order valence-corrected chi connectivity index (χ3v) is 4.26. The molecule has 2 rings (SSSR count). The van der Waals surface area contributed by atoms with Gasteiger partial charge >= 0.3 is 0 Å². The van der Waals surface area contributed by atoms with Gasteiger partial charge in [-0.15, -0.1) is 0 Å². The predicted molar refractivity (Wildman–Crippen MR) is 111 cm³/mol. The van der Waals surface area contributed by atoms with Gasteiger partial charge in [-0.2, -0.15) is 0 Å². The Morgan fingerprint density at radius 3 is 2.21 bits per heavy atom. The quantitative estimate of drug-likeness (QED) is 0.774. The zero-order chi connectivity index (χ0) is 20.8. The first-order chi connectivity index (χ1) is 13.3. The van der Waals surface area contributed by atoms with Crippen molar-refractivity contribution < 1.29 is 19.1 Å². The number of carbonyl (C=O) groups excluding carboxylic acids is 2. The number of methoxy groups -OCH3 is 2. The SMILES string of the molecule is COc1cc(NC(=O)/C=C/c2ccc(C)cc2C)c(C(=O)N(C)C)cc1OC. The lowest BCUT2D eigenvalue weighted by molar-refractivity contribution is -0.111. The first kappa shape index (κ1) is 21.0. The van der Waals surface area contributed by atoms with E-state index < -0.39 is 0 Å². The van der Waals surface area contributed by atoms with Crippen LogP contribution in [0.2, 0.25) is 0 Å². The minimum atomic E-state index is -0.347. The van der Waals surface area contributed by atoms with Gasteiger partial charge in [0.15, 0.2) is 11.5 Å². The van der Waals surface area contributed by atoms with Gasteiger partial charge in [-0.1, -0.05) is 23.8 Å². The van der Waals surface area contributed by atoms with Gasteiger partial charge in [0.1, 0.15) is 0 Å². The maximum absolute atomic E-state index is 12.5. The van der Waals surface area contributed by atoms with E-state index in [1.54, 1.807) is 32.3 Å². The largest absolute Gasteiger partial charge is 0.493 e. The number of ether oxygens (including phenoxy) is 2. The third kappa shape index (κ3) is 4.91. The van der Waals surface area contributed by atoms with Crippen molar-refractivity contribution in [2.24, 2.45) is 0 Å². The second-order valence-electron chi connectivity index (χ2n) is 6.63. The highest BCUT2D eigenvalue weighted by Crippen LogP contribution is 2.34. The number of benzene rings is 2. The number of aryl methyl sites for hydroxylation is 2. The number of amides is 2. The van der Waals surface area contributed by atoms with Crippen LogP contribution in [0.1, 0.15) is 27.0 Å². The van der Waals surface area contributed by atoms with Crippen molar-refractivity contribution in [3.05, 3.63) is 58.7 Å². The molecule has 6 nitrogen and oxygen atoms in total. The van der Waals surface area contributed by atoms with Crippen molar-refractivity contribution in [2.45, 2.75) is 13.8 Å². The summed E-state index contributed by atoms with van der Waals surface area (Å²) in [5.74, 6) is 0.234. The molecule has 0 atom stereocenters. The molecule has 1 N–H and O–H groups in total. The Labute approximate surface area is 165 Å². The summed E-state index contributed by atoms with van der Waals surface area (Å²) in [6, 6.07) is 9.15. The van der Waals surface area contributed by atoms with Crippen LogP contribution in [0.4, 0.5) is 5.69 Å². The van der Waals surface area contributed by atoms with Gasteiger partial charge in [0.2, 0.25) is 5.91 Å². The van der Waals surface area contributed by atoms with Crippen LogP contribution in [-0.4, -0.2) is 45.0 Å². The van der Waals surface area contributed by atoms with E-state index in [-0.39, 0.29) is 11.8 Å². The molecule has 0 saturated carbocycles. The van der Waals surface area contributed by atoms with Gasteiger partial charge in [0.25, 0.3) is 5.91 Å². The van der Waals surface area contributed by atoms with E-state index in [0.29, 0.717) is 22.7 Å². The Hall–Kier alpha value is -3.28. The number of rotatable bonds is 6. The lowest BCUT2D eigenvalue weighted by atomic mass is 10.1. The van der Waals surface area contributed by atoms with Gasteiger partial charge in [-0.25, -0.2) is 0 Å². The molecule has 28 heavy (non-hydrogen) atoms. The Balaban J connectivity index is 2.33. The zero-order valence-electron chi connectivity index (χ0n) is 17.1. The number of nitrogens with zero attached hydrogens (tertiary/aromatic N) is 1. The summed E-state index contributed by atoms with van der Waals surface area (Å²) in [5.41, 5.74) is 3.87. The highest BCUT2D eigenvalue weighted by molar-refractivity contribution is 6.08. The summed E-state index contributed by atoms with van der Waals surface area (Å²) >= 11 is 0. The van der Waals surface area contributed by atoms with Gasteiger partial charge in [0, 0.05) is 26.2 Å². The number of nitrogens with one attached hydrogen (secondary N) is 1. The number of hydrogen-bond acceptors (Lipinski definition) is 4. The molecule has 2 aromatic rings. The molecule has 0 aliphatic heterocycles. The normalized spacial score (nSPS) is 10.6. The lowest BCUT2D eigenvalue weighted by Crippen LogP contribution is -2.24. The molecule has 0 unspecified atom stereocenters. The molecule has 6 heteroatoms. The van der Waals surface area contributed by atoms with E-state index in [9.17, 15) is 9.59 Å². The molecule has 0 radical (unpaired) electrons. The van der Waals surface area contributed by atoms with Crippen LogP contribution in [0.25, 0.3) is 6.08 Å². The first-order valence-electron chi connectivity index (χ1n) is 8.80. The summed E-state index contributed by atoms with van der Waals surface area (Å²) in [5, 5.41) is 2.76. The minimum Gasteiger partial charge on any atom is -0.493 e. The topological polar surface area (TPSA) is 67.9 Å². The second kappa shape index (κ2) is 9.08. The fraction of sp³-hybridized carbons (Fsp3) is 0.273. The summed E-state index contributed by atoms with van der Waals surface area (Å²) < 4.78 is 10.6. The van der Waals surface area contributed by atoms with E-state index >= 15 is 0 Å². The Morgan fingerprint density at radius 1 is 1.00 bits per heavy atom. The molecule has 0 spiro atoms. The fourth-order valence-electron chi connectivity index (χ4n) is 2.75. The molecule has 0 heterocycles. The average molecular weight is 382 g/mol. The highest BCUT2D eigenvalue weighted by Gasteiger charge is 2.19. The van der Waals surface area contributed by atoms with Gasteiger partial charge in [0.05, 0.1) is 25.5 Å². The number of hydrogen-bond donors (Lipinski definition) is 1. The second-order valence-corrected chi connectivity index (χ2v) is 6.63. The summed E-state index contributed by atoms with van der Waals surface area (Å²) in [6.45, 7) is 4.01. The van der Waals surface area contributed by atoms with E-state index in [0.717, 1.165) is 16.7 Å². The average Bonchev–Trinajstić information content (AvgIpc) is 2.66. The van der Waals surface area contributed by atoms with Crippen molar-refractivity contribution in [3.8, 4) is 11.5 Å². The molecule has 0 aliphatic rings. The fourth-order valence-corrected chi connectivity index (χ4v) is 2.75. The predicted octanol–water partition coefficient (Wildman–Crippen LogP) is 3.67. The monoisotopic (exact) mass is 382 g/mol. The molecular weight excluding hydrogens is 356 g/mol. The van der Waals surface area contributed by atoms with Crippen molar-refractivity contribution in [2.75, 3.05) is 33.6 Å². The number of carbonyl (C=O) groups is 2. The van der Waals surface area contributed by atoms with E-state index in [2.05, 4.69) is 11.4 Å². The molecule has 2 amide bonds. The molecular formula is C22H26N2O4. The zero-order valence-corrected chi connectivity index (χ0v) is 17.1. The third-order valence-electron chi connectivity index (χ3n) is 4.26. The first-order valence-corrected chi connectivity index (χ1v) is 8.80. The molecule has 2 aromatic carbocycles. The lowest BCUT2D eigenvalue weighted by Gasteiger charge is -2.17. The van der Waals surface area contributed by atoms with E-state index in [1.807, 2.05) is 26.0 Å². The molecule has 0 fully saturated rings. The Kier molecular flexibility index (Phi) is 6.82. The summed E-state index contributed by atoms with van der Waals surface area (Å²) in [7, 11) is 6.28. The van der Waals surface area contributed by atoms with Crippen molar-refractivity contribution in [1.82, 2.24) is 4.90 Å². The van der Waals surface area contributed by atoms with Crippen LogP contribution in [0.3, 0.4) is 0 Å². The van der Waals surface area contributed by atoms with Crippen LogP contribution in [-0.2, 0) is 4.79 Å². The van der Waals surface area contributed by atoms with Crippen LogP contribution >= 0.6 is 0 Å². The minimum absolute atomic E-state index is 0.255. The van der Waals surface area contributed by atoms with Gasteiger partial charge < -0.3 is 19.7 Å². The standard InChI is InChI=1S/C22H26N2O4/c1-14-7-8-16(15(2)11-14)9-10-21(25)23-18-13-20(28-6)19(27-5)12-17(18)22(26)24(3)4/h7-13H,1-6H3,(H,23,25)/b10-9+. The van der Waals surface area contributed by atoms with Crippen LogP contribution in [0.5, 0.6) is 11.5 Å². The number of anilines is 1. The Bertz CT molecular complexity index is 917. The molecule has 0 saturated heterocycles. The molecule has 0 aromatic heterocycles. The van der Waals surface area contributed by atoms with Crippen molar-refractivity contribution in [3.63, 3.8) is 0 Å².